The van der Waals surface area contributed by atoms with Gasteiger partial charge >= 0.3 is 0 Å². The number of aromatic nitrogens is 1. The zero-order chi connectivity index (χ0) is 10.4. The first-order valence-corrected chi connectivity index (χ1v) is 5.85. The average Bonchev–Trinajstić information content (AvgIpc) is 2.50. The van der Waals surface area contributed by atoms with Crippen LogP contribution in [0.4, 0.5) is 0 Å². The molecule has 14 heavy (non-hydrogen) atoms. The summed E-state index contributed by atoms with van der Waals surface area (Å²) in [6.07, 6.45) is 1.95. The van der Waals surface area contributed by atoms with E-state index in [0.29, 0.717) is 6.04 Å². The van der Waals surface area contributed by atoms with Gasteiger partial charge in [-0.25, -0.2) is 4.98 Å². The van der Waals surface area contributed by atoms with E-state index in [-0.39, 0.29) is 0 Å². The smallest absolute Gasteiger partial charge is 0.0897 e. The van der Waals surface area contributed by atoms with Crippen molar-refractivity contribution in [3.63, 3.8) is 0 Å². The van der Waals surface area contributed by atoms with E-state index in [1.54, 1.807) is 11.3 Å². The fourth-order valence-electron chi connectivity index (χ4n) is 1.15. The first-order valence-electron chi connectivity index (χ1n) is 5.04. The fourth-order valence-corrected chi connectivity index (χ4v) is 1.91. The predicted molar refractivity (Wildman–Crippen MR) is 61.7 cm³/mol. The van der Waals surface area contributed by atoms with Gasteiger partial charge in [-0.3, -0.25) is 0 Å². The third-order valence-electron chi connectivity index (χ3n) is 1.82. The molecule has 0 radical (unpaired) electrons. The molecule has 80 valence electrons. The first-order chi connectivity index (χ1) is 6.68. The quantitative estimate of drug-likeness (QED) is 0.704. The molecule has 0 saturated carbocycles. The van der Waals surface area contributed by atoms with Crippen LogP contribution >= 0.6 is 11.3 Å². The van der Waals surface area contributed by atoms with E-state index in [9.17, 15) is 0 Å². The highest BCUT2D eigenvalue weighted by molar-refractivity contribution is 7.11. The molecule has 1 heterocycles. The third kappa shape index (κ3) is 4.69. The fraction of sp³-hybridized carbons (Fsp3) is 0.700. The van der Waals surface area contributed by atoms with Crippen LogP contribution in [0.15, 0.2) is 6.20 Å². The lowest BCUT2D eigenvalue weighted by Gasteiger charge is -2.07. The van der Waals surface area contributed by atoms with E-state index < -0.39 is 0 Å². The highest BCUT2D eigenvalue weighted by Crippen LogP contribution is 2.10. The molecule has 4 heteroatoms. The second-order valence-electron chi connectivity index (χ2n) is 3.63. The molecule has 0 saturated heterocycles. The highest BCUT2D eigenvalue weighted by atomic mass is 32.1. The third-order valence-corrected chi connectivity index (χ3v) is 2.74. The summed E-state index contributed by atoms with van der Waals surface area (Å²) in [6.45, 7) is 9.32. The minimum atomic E-state index is 0.572. The van der Waals surface area contributed by atoms with Gasteiger partial charge in [-0.05, 0) is 6.92 Å². The van der Waals surface area contributed by atoms with Gasteiger partial charge in [-0.2, -0.15) is 0 Å². The van der Waals surface area contributed by atoms with Crippen molar-refractivity contribution >= 4 is 11.3 Å². The van der Waals surface area contributed by atoms with Crippen molar-refractivity contribution in [2.45, 2.75) is 33.4 Å². The number of aryl methyl sites for hydroxylation is 1. The van der Waals surface area contributed by atoms with Crippen LogP contribution < -0.4 is 10.6 Å². The average molecular weight is 213 g/mol. The van der Waals surface area contributed by atoms with Gasteiger partial charge in [-0.15, -0.1) is 11.3 Å². The van der Waals surface area contributed by atoms with Crippen LogP contribution in [0, 0.1) is 6.92 Å². The SMILES string of the molecule is Cc1ncc(CNCCNC(C)C)s1. The van der Waals surface area contributed by atoms with Crippen molar-refractivity contribution in [2.24, 2.45) is 0 Å². The molecule has 1 rings (SSSR count). The molecule has 0 aliphatic heterocycles. The van der Waals surface area contributed by atoms with Gasteiger partial charge in [0.05, 0.1) is 5.01 Å². The first kappa shape index (κ1) is 11.6. The topological polar surface area (TPSA) is 37.0 Å². The molecule has 3 nitrogen and oxygen atoms in total. The summed E-state index contributed by atoms with van der Waals surface area (Å²) >= 11 is 1.76. The number of hydrogen-bond acceptors (Lipinski definition) is 4. The molecule has 0 fully saturated rings. The summed E-state index contributed by atoms with van der Waals surface area (Å²) in [6, 6.07) is 0.572. The Morgan fingerprint density at radius 2 is 2.21 bits per heavy atom. The molecular weight excluding hydrogens is 194 g/mol. The Kier molecular flexibility index (Phi) is 5.07. The van der Waals surface area contributed by atoms with Crippen molar-refractivity contribution < 1.29 is 0 Å². The van der Waals surface area contributed by atoms with Crippen molar-refractivity contribution in [3.8, 4) is 0 Å². The molecular formula is C10H19N3S. The molecule has 0 aliphatic carbocycles. The lowest BCUT2D eigenvalue weighted by molar-refractivity contribution is 0.557. The van der Waals surface area contributed by atoms with Gasteiger partial charge in [0.15, 0.2) is 0 Å². The molecule has 0 amide bonds. The van der Waals surface area contributed by atoms with E-state index in [1.807, 2.05) is 13.1 Å². The Labute approximate surface area is 89.9 Å². The molecule has 2 N–H and O–H groups in total. The summed E-state index contributed by atoms with van der Waals surface area (Å²) in [7, 11) is 0. The Morgan fingerprint density at radius 3 is 2.79 bits per heavy atom. The second-order valence-corrected chi connectivity index (χ2v) is 4.95. The van der Waals surface area contributed by atoms with Crippen molar-refractivity contribution in [1.82, 2.24) is 15.6 Å². The minimum Gasteiger partial charge on any atom is -0.313 e. The molecule has 0 aliphatic rings. The zero-order valence-corrected chi connectivity index (χ0v) is 9.95. The van der Waals surface area contributed by atoms with Crippen LogP contribution in [0.3, 0.4) is 0 Å². The van der Waals surface area contributed by atoms with Gasteiger partial charge < -0.3 is 10.6 Å². The summed E-state index contributed by atoms with van der Waals surface area (Å²) in [5.74, 6) is 0. The standard InChI is InChI=1S/C10H19N3S/c1-8(2)12-5-4-11-6-10-7-13-9(3)14-10/h7-8,11-12H,4-6H2,1-3H3. The molecule has 1 aromatic rings. The normalized spacial score (nSPS) is 11.1. The van der Waals surface area contributed by atoms with E-state index in [4.69, 9.17) is 0 Å². The number of hydrogen-bond donors (Lipinski definition) is 2. The zero-order valence-electron chi connectivity index (χ0n) is 9.13. The Balaban J connectivity index is 2.04. The van der Waals surface area contributed by atoms with E-state index in [2.05, 4.69) is 29.5 Å². The maximum Gasteiger partial charge on any atom is 0.0897 e. The number of nitrogens with zero attached hydrogens (tertiary/aromatic N) is 1. The predicted octanol–water partition coefficient (Wildman–Crippen LogP) is 1.54. The highest BCUT2D eigenvalue weighted by Gasteiger charge is 1.97. The molecule has 0 unspecified atom stereocenters. The van der Waals surface area contributed by atoms with Crippen LogP contribution in [-0.4, -0.2) is 24.1 Å². The lowest BCUT2D eigenvalue weighted by Crippen LogP contribution is -2.31. The van der Waals surface area contributed by atoms with Gasteiger partial charge in [-0.1, -0.05) is 13.8 Å². The van der Waals surface area contributed by atoms with E-state index >= 15 is 0 Å². The number of rotatable bonds is 6. The minimum absolute atomic E-state index is 0.572. The van der Waals surface area contributed by atoms with Crippen molar-refractivity contribution in [2.75, 3.05) is 13.1 Å². The summed E-state index contributed by atoms with van der Waals surface area (Å²) in [4.78, 5) is 5.52. The molecule has 0 bridgehead atoms. The van der Waals surface area contributed by atoms with Crippen molar-refractivity contribution in [3.05, 3.63) is 16.1 Å². The Morgan fingerprint density at radius 1 is 1.43 bits per heavy atom. The van der Waals surface area contributed by atoms with E-state index in [0.717, 1.165) is 24.6 Å². The summed E-state index contributed by atoms with van der Waals surface area (Å²) in [5, 5.41) is 7.88. The van der Waals surface area contributed by atoms with Gasteiger partial charge in [0, 0.05) is 36.8 Å². The monoisotopic (exact) mass is 213 g/mol. The molecule has 1 aromatic heterocycles. The maximum atomic E-state index is 4.21. The van der Waals surface area contributed by atoms with Crippen molar-refractivity contribution in [1.29, 1.82) is 0 Å². The van der Waals surface area contributed by atoms with Crippen LogP contribution in [0.1, 0.15) is 23.7 Å². The lowest BCUT2D eigenvalue weighted by atomic mass is 10.4. The van der Waals surface area contributed by atoms with Crippen LogP contribution in [-0.2, 0) is 6.54 Å². The van der Waals surface area contributed by atoms with Gasteiger partial charge in [0.2, 0.25) is 0 Å². The summed E-state index contributed by atoms with van der Waals surface area (Å²) in [5.41, 5.74) is 0. The van der Waals surface area contributed by atoms with Crippen LogP contribution in [0.2, 0.25) is 0 Å². The summed E-state index contributed by atoms with van der Waals surface area (Å²) < 4.78 is 0. The van der Waals surface area contributed by atoms with Crippen LogP contribution in [0.25, 0.3) is 0 Å². The Bertz CT molecular complexity index is 258. The Hall–Kier alpha value is -0.450. The molecule has 0 spiro atoms. The van der Waals surface area contributed by atoms with Crippen LogP contribution in [0.5, 0.6) is 0 Å². The second kappa shape index (κ2) is 6.11. The largest absolute Gasteiger partial charge is 0.313 e. The maximum absolute atomic E-state index is 4.21. The number of nitrogens with one attached hydrogen (secondary N) is 2. The van der Waals surface area contributed by atoms with E-state index in [1.165, 1.54) is 4.88 Å². The molecule has 0 aromatic carbocycles. The number of thiazole rings is 1. The molecule has 0 atom stereocenters. The van der Waals surface area contributed by atoms with Gasteiger partial charge in [0.1, 0.15) is 0 Å². The van der Waals surface area contributed by atoms with Gasteiger partial charge in [0.25, 0.3) is 0 Å².